The normalized spacial score (nSPS) is 15.4. The minimum absolute atomic E-state index is 0.164. The lowest BCUT2D eigenvalue weighted by molar-refractivity contribution is -0.124. The number of pyridine rings is 1. The molecule has 1 aliphatic rings. The summed E-state index contributed by atoms with van der Waals surface area (Å²) in [5.41, 5.74) is 1.78. The first-order valence-corrected chi connectivity index (χ1v) is 7.10. The molecule has 0 radical (unpaired) electrons. The molecule has 104 valence electrons. The zero-order chi connectivity index (χ0) is 13.8. The maximum atomic E-state index is 12.1. The number of nitrogens with one attached hydrogen (secondary N) is 1. The number of furan rings is 1. The standard InChI is InChI=1S/C16H18N2O2/c19-16(12-5-1-2-6-12)18-11-13-7-3-9-17-15(13)14-8-4-10-20-14/h3-4,7-10,12H,1-2,5-6,11H2,(H,18,19). The van der Waals surface area contributed by atoms with Crippen molar-refractivity contribution in [2.24, 2.45) is 5.92 Å². The highest BCUT2D eigenvalue weighted by atomic mass is 16.3. The van der Waals surface area contributed by atoms with Crippen molar-refractivity contribution in [3.8, 4) is 11.5 Å². The number of hydrogen-bond donors (Lipinski definition) is 1. The fourth-order valence-electron chi connectivity index (χ4n) is 2.73. The summed E-state index contributed by atoms with van der Waals surface area (Å²) in [6, 6.07) is 7.57. The summed E-state index contributed by atoms with van der Waals surface area (Å²) in [6.45, 7) is 0.499. The van der Waals surface area contributed by atoms with Crippen LogP contribution >= 0.6 is 0 Å². The maximum absolute atomic E-state index is 12.1. The second kappa shape index (κ2) is 5.90. The molecule has 0 spiro atoms. The van der Waals surface area contributed by atoms with Crippen molar-refractivity contribution >= 4 is 5.91 Å². The first-order valence-electron chi connectivity index (χ1n) is 7.10. The van der Waals surface area contributed by atoms with E-state index >= 15 is 0 Å². The molecule has 1 amide bonds. The van der Waals surface area contributed by atoms with Crippen LogP contribution in [0, 0.1) is 5.92 Å². The highest BCUT2D eigenvalue weighted by Gasteiger charge is 2.22. The van der Waals surface area contributed by atoms with Crippen LogP contribution in [-0.4, -0.2) is 10.9 Å². The van der Waals surface area contributed by atoms with Crippen molar-refractivity contribution < 1.29 is 9.21 Å². The Labute approximate surface area is 118 Å². The van der Waals surface area contributed by atoms with E-state index in [1.54, 1.807) is 12.5 Å². The number of amides is 1. The predicted molar refractivity (Wildman–Crippen MR) is 75.7 cm³/mol. The van der Waals surface area contributed by atoms with Gasteiger partial charge in [0.1, 0.15) is 5.69 Å². The van der Waals surface area contributed by atoms with Gasteiger partial charge in [0.05, 0.1) is 6.26 Å². The molecule has 0 aromatic carbocycles. The predicted octanol–water partition coefficient (Wildman–Crippen LogP) is 3.15. The molecule has 0 atom stereocenters. The van der Waals surface area contributed by atoms with E-state index in [0.29, 0.717) is 6.54 Å². The van der Waals surface area contributed by atoms with E-state index in [9.17, 15) is 4.79 Å². The number of hydrogen-bond acceptors (Lipinski definition) is 3. The van der Waals surface area contributed by atoms with E-state index in [0.717, 1.165) is 29.9 Å². The van der Waals surface area contributed by atoms with Crippen molar-refractivity contribution in [3.05, 3.63) is 42.3 Å². The Morgan fingerprint density at radius 3 is 2.90 bits per heavy atom. The number of rotatable bonds is 4. The molecule has 2 heterocycles. The second-order valence-corrected chi connectivity index (χ2v) is 5.19. The van der Waals surface area contributed by atoms with Crippen molar-refractivity contribution in [2.75, 3.05) is 0 Å². The van der Waals surface area contributed by atoms with Crippen LogP contribution in [0.3, 0.4) is 0 Å². The molecule has 1 aliphatic carbocycles. The molecule has 4 nitrogen and oxygen atoms in total. The van der Waals surface area contributed by atoms with Crippen LogP contribution in [0.4, 0.5) is 0 Å². The van der Waals surface area contributed by atoms with Gasteiger partial charge < -0.3 is 9.73 Å². The largest absolute Gasteiger partial charge is 0.463 e. The van der Waals surface area contributed by atoms with E-state index in [1.807, 2.05) is 24.3 Å². The minimum Gasteiger partial charge on any atom is -0.463 e. The SMILES string of the molecule is O=C(NCc1cccnc1-c1ccco1)C1CCCC1. The summed E-state index contributed by atoms with van der Waals surface area (Å²) in [5.74, 6) is 1.09. The molecule has 0 unspecified atom stereocenters. The van der Waals surface area contributed by atoms with Gasteiger partial charge in [-0.05, 0) is 31.0 Å². The van der Waals surface area contributed by atoms with Crippen molar-refractivity contribution in [1.29, 1.82) is 0 Å². The molecule has 2 aromatic heterocycles. The fourth-order valence-corrected chi connectivity index (χ4v) is 2.73. The molecule has 1 saturated carbocycles. The fraction of sp³-hybridized carbons (Fsp3) is 0.375. The molecule has 0 saturated heterocycles. The summed E-state index contributed by atoms with van der Waals surface area (Å²) in [5, 5.41) is 3.02. The smallest absolute Gasteiger partial charge is 0.223 e. The number of carbonyl (C=O) groups excluding carboxylic acids is 1. The average Bonchev–Trinajstić information content (AvgIpc) is 3.17. The Hall–Kier alpha value is -2.10. The van der Waals surface area contributed by atoms with Gasteiger partial charge >= 0.3 is 0 Å². The minimum atomic E-state index is 0.164. The van der Waals surface area contributed by atoms with E-state index in [1.165, 1.54) is 12.8 Å². The van der Waals surface area contributed by atoms with Gasteiger partial charge in [-0.1, -0.05) is 18.9 Å². The third-order valence-electron chi connectivity index (χ3n) is 3.82. The summed E-state index contributed by atoms with van der Waals surface area (Å²) >= 11 is 0. The molecule has 1 N–H and O–H groups in total. The van der Waals surface area contributed by atoms with E-state index in [2.05, 4.69) is 10.3 Å². The Morgan fingerprint density at radius 2 is 2.15 bits per heavy atom. The summed E-state index contributed by atoms with van der Waals surface area (Å²) in [4.78, 5) is 16.4. The van der Waals surface area contributed by atoms with Gasteiger partial charge in [0, 0.05) is 24.2 Å². The molecule has 4 heteroatoms. The first kappa shape index (κ1) is 12.9. The van der Waals surface area contributed by atoms with Gasteiger partial charge in [0.2, 0.25) is 5.91 Å². The van der Waals surface area contributed by atoms with Crippen LogP contribution in [0.1, 0.15) is 31.2 Å². The summed E-state index contributed by atoms with van der Waals surface area (Å²) in [7, 11) is 0. The highest BCUT2D eigenvalue weighted by molar-refractivity contribution is 5.79. The molecule has 20 heavy (non-hydrogen) atoms. The van der Waals surface area contributed by atoms with Gasteiger partial charge in [0.15, 0.2) is 5.76 Å². The molecule has 2 aromatic rings. The number of nitrogens with zero attached hydrogens (tertiary/aromatic N) is 1. The van der Waals surface area contributed by atoms with Crippen molar-refractivity contribution in [1.82, 2.24) is 10.3 Å². The van der Waals surface area contributed by atoms with Crippen LogP contribution < -0.4 is 5.32 Å². The molecular formula is C16H18N2O2. The van der Waals surface area contributed by atoms with E-state index in [4.69, 9.17) is 4.42 Å². The lowest BCUT2D eigenvalue weighted by atomic mass is 10.1. The number of carbonyl (C=O) groups is 1. The Morgan fingerprint density at radius 1 is 1.30 bits per heavy atom. The molecule has 0 aliphatic heterocycles. The van der Waals surface area contributed by atoms with Crippen LogP contribution in [0.15, 0.2) is 41.1 Å². The maximum Gasteiger partial charge on any atom is 0.223 e. The number of aromatic nitrogens is 1. The average molecular weight is 270 g/mol. The van der Waals surface area contributed by atoms with Crippen molar-refractivity contribution in [3.63, 3.8) is 0 Å². The van der Waals surface area contributed by atoms with Gasteiger partial charge in [-0.15, -0.1) is 0 Å². The van der Waals surface area contributed by atoms with Gasteiger partial charge in [-0.2, -0.15) is 0 Å². The third-order valence-corrected chi connectivity index (χ3v) is 3.82. The molecule has 1 fully saturated rings. The summed E-state index contributed by atoms with van der Waals surface area (Å²) in [6.07, 6.45) is 7.74. The quantitative estimate of drug-likeness (QED) is 0.928. The first-order chi connectivity index (χ1) is 9.84. The second-order valence-electron chi connectivity index (χ2n) is 5.19. The zero-order valence-electron chi connectivity index (χ0n) is 11.3. The topological polar surface area (TPSA) is 55.1 Å². The van der Waals surface area contributed by atoms with E-state index < -0.39 is 0 Å². The Balaban J connectivity index is 1.70. The lowest BCUT2D eigenvalue weighted by Crippen LogP contribution is -2.29. The Kier molecular flexibility index (Phi) is 3.81. The lowest BCUT2D eigenvalue weighted by Gasteiger charge is -2.11. The van der Waals surface area contributed by atoms with Gasteiger partial charge in [0.25, 0.3) is 0 Å². The molecule has 3 rings (SSSR count). The molecule has 0 bridgehead atoms. The van der Waals surface area contributed by atoms with Crippen LogP contribution in [-0.2, 0) is 11.3 Å². The van der Waals surface area contributed by atoms with E-state index in [-0.39, 0.29) is 11.8 Å². The highest BCUT2D eigenvalue weighted by Crippen LogP contribution is 2.25. The van der Waals surface area contributed by atoms with Crippen LogP contribution in [0.5, 0.6) is 0 Å². The summed E-state index contributed by atoms with van der Waals surface area (Å²) < 4.78 is 5.39. The van der Waals surface area contributed by atoms with Gasteiger partial charge in [-0.3, -0.25) is 9.78 Å². The monoisotopic (exact) mass is 270 g/mol. The third kappa shape index (κ3) is 2.74. The van der Waals surface area contributed by atoms with Crippen LogP contribution in [0.25, 0.3) is 11.5 Å². The Bertz CT molecular complexity index is 572. The van der Waals surface area contributed by atoms with Crippen LogP contribution in [0.2, 0.25) is 0 Å². The van der Waals surface area contributed by atoms with Crippen molar-refractivity contribution in [2.45, 2.75) is 32.2 Å². The van der Waals surface area contributed by atoms with Gasteiger partial charge in [-0.25, -0.2) is 0 Å². The molecular weight excluding hydrogens is 252 g/mol. The zero-order valence-corrected chi connectivity index (χ0v) is 11.3.